The molecule has 2 heteroatoms. The fraction of sp³-hybridized carbons (Fsp3) is 0.917. The molecule has 14 heavy (non-hydrogen) atoms. The van der Waals surface area contributed by atoms with Gasteiger partial charge in [0.2, 0.25) is 0 Å². The van der Waals surface area contributed by atoms with Crippen molar-refractivity contribution in [1.82, 2.24) is 0 Å². The molecule has 0 atom stereocenters. The van der Waals surface area contributed by atoms with Gasteiger partial charge in [0.15, 0.2) is 11.8 Å². The monoisotopic (exact) mass is 195 g/mol. The Morgan fingerprint density at radius 3 is 2.07 bits per heavy atom. The highest BCUT2D eigenvalue weighted by Crippen LogP contribution is 2.22. The molecule has 0 saturated heterocycles. The summed E-state index contributed by atoms with van der Waals surface area (Å²) in [5.41, 5.74) is 1.20. The minimum absolute atomic E-state index is 0.330. The van der Waals surface area contributed by atoms with Crippen molar-refractivity contribution in [2.24, 2.45) is 0 Å². The Hall–Kier alpha value is -0.530. The molecule has 0 aromatic carbocycles. The topological polar surface area (TPSA) is 26.1 Å². The Bertz CT molecular complexity index is 208. The molecule has 0 aromatic rings. The number of nitrogens with zero attached hydrogens (tertiary/aromatic N) is 1. The summed E-state index contributed by atoms with van der Waals surface area (Å²) in [6.45, 7) is 0. The summed E-state index contributed by atoms with van der Waals surface area (Å²) >= 11 is 0. The molecule has 2 fully saturated rings. The van der Waals surface area contributed by atoms with Gasteiger partial charge in [-0.05, 0) is 25.7 Å². The van der Waals surface area contributed by atoms with Gasteiger partial charge >= 0.3 is 0 Å². The molecular formula is C12H21NO. The van der Waals surface area contributed by atoms with Gasteiger partial charge in [-0.25, -0.2) is 4.74 Å². The summed E-state index contributed by atoms with van der Waals surface area (Å²) in [5, 5.41) is 12.0. The molecule has 0 spiro atoms. The number of hydrogen-bond donors (Lipinski definition) is 0. The van der Waals surface area contributed by atoms with Gasteiger partial charge in [-0.15, -0.1) is 0 Å². The second-order valence-electron chi connectivity index (χ2n) is 4.74. The Balaban J connectivity index is 1.99. The number of hydroxylamine groups is 1. The fourth-order valence-corrected chi connectivity index (χ4v) is 2.75. The summed E-state index contributed by atoms with van der Waals surface area (Å²) in [6, 6.07) is 0.330. The van der Waals surface area contributed by atoms with E-state index < -0.39 is 0 Å². The van der Waals surface area contributed by atoms with Crippen molar-refractivity contribution in [3.63, 3.8) is 0 Å². The molecule has 80 valence electrons. The summed E-state index contributed by atoms with van der Waals surface area (Å²) in [7, 11) is 0. The van der Waals surface area contributed by atoms with Gasteiger partial charge in [-0.3, -0.25) is 0 Å². The van der Waals surface area contributed by atoms with Gasteiger partial charge in [0.25, 0.3) is 0 Å². The highest BCUT2D eigenvalue weighted by molar-refractivity contribution is 5.80. The lowest BCUT2D eigenvalue weighted by atomic mass is 9.93. The van der Waals surface area contributed by atoms with Crippen molar-refractivity contribution in [3.8, 4) is 0 Å². The first-order valence-electron chi connectivity index (χ1n) is 6.19. The zero-order valence-electron chi connectivity index (χ0n) is 9.00. The SMILES string of the molecule is [O-][N+](=C1CCCCC1)C1CCCCC1. The summed E-state index contributed by atoms with van der Waals surface area (Å²) in [6.07, 6.45) is 12.1. The first-order chi connectivity index (χ1) is 6.88. The van der Waals surface area contributed by atoms with Gasteiger partial charge in [-0.2, -0.15) is 0 Å². The standard InChI is InChI=1S/C12H21NO/c14-13(11-7-3-1-4-8-11)12-9-5-2-6-10-12/h11H,1-10H2. The van der Waals surface area contributed by atoms with E-state index >= 15 is 0 Å². The Morgan fingerprint density at radius 1 is 0.857 bits per heavy atom. The van der Waals surface area contributed by atoms with E-state index in [0.29, 0.717) is 6.04 Å². The lowest BCUT2D eigenvalue weighted by molar-refractivity contribution is -0.508. The van der Waals surface area contributed by atoms with Crippen LogP contribution in [0.15, 0.2) is 0 Å². The van der Waals surface area contributed by atoms with Gasteiger partial charge < -0.3 is 5.21 Å². The van der Waals surface area contributed by atoms with Crippen LogP contribution in [0.5, 0.6) is 0 Å². The Morgan fingerprint density at radius 2 is 1.43 bits per heavy atom. The van der Waals surface area contributed by atoms with Crippen LogP contribution < -0.4 is 0 Å². The summed E-state index contributed by atoms with van der Waals surface area (Å²) in [4.78, 5) is 0. The zero-order chi connectivity index (χ0) is 9.80. The van der Waals surface area contributed by atoms with Crippen LogP contribution in [0.25, 0.3) is 0 Å². The lowest BCUT2D eigenvalue weighted by Crippen LogP contribution is -2.30. The quantitative estimate of drug-likeness (QED) is 0.358. The fourth-order valence-electron chi connectivity index (χ4n) is 2.75. The first kappa shape index (κ1) is 10.0. The van der Waals surface area contributed by atoms with Crippen LogP contribution in [-0.2, 0) is 0 Å². The molecule has 2 saturated carbocycles. The Labute approximate surface area is 86.6 Å². The van der Waals surface area contributed by atoms with Crippen molar-refractivity contribution in [1.29, 1.82) is 0 Å². The molecule has 2 aliphatic rings. The third-order valence-electron chi connectivity index (χ3n) is 3.65. The van der Waals surface area contributed by atoms with E-state index in [-0.39, 0.29) is 0 Å². The maximum atomic E-state index is 12.0. The van der Waals surface area contributed by atoms with Gasteiger partial charge in [0.05, 0.1) is 0 Å². The molecule has 0 aliphatic heterocycles. The molecule has 0 N–H and O–H groups in total. The minimum atomic E-state index is 0.330. The molecule has 2 rings (SSSR count). The maximum absolute atomic E-state index is 12.0. The van der Waals surface area contributed by atoms with E-state index in [1.165, 1.54) is 49.0 Å². The van der Waals surface area contributed by atoms with Crippen molar-refractivity contribution < 1.29 is 4.74 Å². The second kappa shape index (κ2) is 4.81. The molecule has 0 unspecified atom stereocenters. The Kier molecular flexibility index (Phi) is 3.44. The van der Waals surface area contributed by atoms with E-state index in [0.717, 1.165) is 25.7 Å². The average molecular weight is 195 g/mol. The number of hydrogen-bond acceptors (Lipinski definition) is 1. The second-order valence-corrected chi connectivity index (χ2v) is 4.74. The first-order valence-corrected chi connectivity index (χ1v) is 6.19. The van der Waals surface area contributed by atoms with Crippen LogP contribution in [0.4, 0.5) is 0 Å². The third-order valence-corrected chi connectivity index (χ3v) is 3.65. The van der Waals surface area contributed by atoms with Gasteiger partial charge in [-0.1, -0.05) is 12.8 Å². The molecule has 2 nitrogen and oxygen atoms in total. The van der Waals surface area contributed by atoms with Gasteiger partial charge in [0, 0.05) is 25.7 Å². The van der Waals surface area contributed by atoms with Crippen LogP contribution in [0.1, 0.15) is 64.2 Å². The molecular weight excluding hydrogens is 174 g/mol. The van der Waals surface area contributed by atoms with E-state index in [4.69, 9.17) is 0 Å². The summed E-state index contributed by atoms with van der Waals surface area (Å²) in [5.74, 6) is 0. The predicted octanol–water partition coefficient (Wildman–Crippen LogP) is 3.23. The number of rotatable bonds is 1. The van der Waals surface area contributed by atoms with Crippen molar-refractivity contribution >= 4 is 5.71 Å². The average Bonchev–Trinajstić information content (AvgIpc) is 2.30. The molecule has 0 bridgehead atoms. The molecule has 0 heterocycles. The van der Waals surface area contributed by atoms with Crippen molar-refractivity contribution in [2.45, 2.75) is 70.3 Å². The molecule has 0 radical (unpaired) electrons. The lowest BCUT2D eigenvalue weighted by Gasteiger charge is -2.24. The maximum Gasteiger partial charge on any atom is 0.163 e. The third kappa shape index (κ3) is 2.28. The van der Waals surface area contributed by atoms with Crippen molar-refractivity contribution in [2.75, 3.05) is 0 Å². The molecule has 0 aromatic heterocycles. The highest BCUT2D eigenvalue weighted by atomic mass is 16.5. The van der Waals surface area contributed by atoms with Crippen LogP contribution >= 0.6 is 0 Å². The van der Waals surface area contributed by atoms with Crippen LogP contribution in [0.3, 0.4) is 0 Å². The molecule has 2 aliphatic carbocycles. The van der Waals surface area contributed by atoms with E-state index in [1.807, 2.05) is 0 Å². The van der Waals surface area contributed by atoms with E-state index in [1.54, 1.807) is 0 Å². The van der Waals surface area contributed by atoms with E-state index in [9.17, 15) is 5.21 Å². The van der Waals surface area contributed by atoms with Crippen LogP contribution in [0, 0.1) is 5.21 Å². The largest absolute Gasteiger partial charge is 0.624 e. The normalized spacial score (nSPS) is 25.0. The van der Waals surface area contributed by atoms with Crippen LogP contribution in [-0.4, -0.2) is 16.5 Å². The molecule has 0 amide bonds. The highest BCUT2D eigenvalue weighted by Gasteiger charge is 2.23. The van der Waals surface area contributed by atoms with Crippen LogP contribution in [0.2, 0.25) is 0 Å². The summed E-state index contributed by atoms with van der Waals surface area (Å²) < 4.78 is 1.39. The zero-order valence-corrected chi connectivity index (χ0v) is 9.00. The predicted molar refractivity (Wildman–Crippen MR) is 58.6 cm³/mol. The van der Waals surface area contributed by atoms with Crippen molar-refractivity contribution in [3.05, 3.63) is 5.21 Å². The smallest absolute Gasteiger partial charge is 0.163 e. The van der Waals surface area contributed by atoms with E-state index in [2.05, 4.69) is 0 Å². The minimum Gasteiger partial charge on any atom is -0.624 e. The van der Waals surface area contributed by atoms with Gasteiger partial charge in [0.1, 0.15) is 0 Å².